The van der Waals surface area contributed by atoms with Crippen molar-refractivity contribution in [3.63, 3.8) is 0 Å². The van der Waals surface area contributed by atoms with Gasteiger partial charge in [-0.25, -0.2) is 0 Å². The second kappa shape index (κ2) is 9.15. The molecule has 0 rings (SSSR count). The molecule has 5 atom stereocenters. The van der Waals surface area contributed by atoms with E-state index in [1.807, 2.05) is 6.08 Å². The molecule has 0 radical (unpaired) electrons. The molecule has 0 aromatic carbocycles. The fourth-order valence-electron chi connectivity index (χ4n) is 1.92. The van der Waals surface area contributed by atoms with Gasteiger partial charge in [0.1, 0.15) is 0 Å². The molecule has 0 aromatic rings. The molecule has 0 bridgehead atoms. The third-order valence-corrected chi connectivity index (χ3v) is 4.92. The maximum Gasteiger partial charge on any atom is 0.0844 e. The number of aliphatic hydroxyl groups is 1. The summed E-state index contributed by atoms with van der Waals surface area (Å²) < 4.78 is 12.0. The lowest BCUT2D eigenvalue weighted by atomic mass is 9.88. The summed E-state index contributed by atoms with van der Waals surface area (Å²) in [5.74, 6) is 0.252. The Hall–Kier alpha value is 0.0500. The number of hydrogen-bond acceptors (Lipinski definition) is 3. The van der Waals surface area contributed by atoms with Gasteiger partial charge in [0.2, 0.25) is 0 Å². The van der Waals surface area contributed by atoms with Gasteiger partial charge < -0.3 is 14.6 Å². The minimum absolute atomic E-state index is 0.227. The van der Waals surface area contributed by atoms with Crippen molar-refractivity contribution in [2.24, 2.45) is 5.92 Å². The predicted octanol–water partition coefficient (Wildman–Crippen LogP) is 3.76. The van der Waals surface area contributed by atoms with E-state index in [2.05, 4.69) is 43.5 Å². The molecule has 120 valence electrons. The molecule has 0 spiro atoms. The van der Waals surface area contributed by atoms with E-state index in [9.17, 15) is 5.11 Å². The summed E-state index contributed by atoms with van der Waals surface area (Å²) in [5, 5.41) is 9.16. The van der Waals surface area contributed by atoms with Crippen molar-refractivity contribution in [1.29, 1.82) is 0 Å². The van der Waals surface area contributed by atoms with Gasteiger partial charge >= 0.3 is 0 Å². The maximum absolute atomic E-state index is 9.39. The van der Waals surface area contributed by atoms with Crippen LogP contribution in [0, 0.1) is 5.92 Å². The van der Waals surface area contributed by atoms with E-state index in [0.29, 0.717) is 13.2 Å². The Balaban J connectivity index is 4.53. The van der Waals surface area contributed by atoms with Crippen LogP contribution >= 0.6 is 9.24 Å². The maximum atomic E-state index is 9.39. The van der Waals surface area contributed by atoms with E-state index in [4.69, 9.17) is 9.47 Å². The highest BCUT2D eigenvalue weighted by molar-refractivity contribution is 7.18. The van der Waals surface area contributed by atoms with Crippen LogP contribution in [0.3, 0.4) is 0 Å². The number of aliphatic hydroxyl groups excluding tert-OH is 1. The summed E-state index contributed by atoms with van der Waals surface area (Å²) in [4.78, 5) is 0. The highest BCUT2D eigenvalue weighted by Gasteiger charge is 2.33. The van der Waals surface area contributed by atoms with E-state index in [0.717, 1.165) is 19.3 Å². The Labute approximate surface area is 127 Å². The number of hydrogen-bond donors (Lipinski definition) is 1. The molecule has 20 heavy (non-hydrogen) atoms. The number of rotatable bonds is 11. The van der Waals surface area contributed by atoms with Crippen molar-refractivity contribution >= 4 is 9.24 Å². The highest BCUT2D eigenvalue weighted by Crippen LogP contribution is 2.32. The molecule has 0 fully saturated rings. The van der Waals surface area contributed by atoms with Gasteiger partial charge in [-0.1, -0.05) is 26.8 Å². The summed E-state index contributed by atoms with van der Waals surface area (Å²) in [6.07, 6.45) is 4.09. The monoisotopic (exact) mass is 304 g/mol. The lowest BCUT2D eigenvalue weighted by Crippen LogP contribution is -2.41. The molecule has 0 aromatic heterocycles. The van der Waals surface area contributed by atoms with Crippen molar-refractivity contribution in [2.75, 3.05) is 13.2 Å². The van der Waals surface area contributed by atoms with Crippen LogP contribution in [0.1, 0.15) is 53.9 Å². The second-order valence-corrected chi connectivity index (χ2v) is 7.00. The lowest BCUT2D eigenvalue weighted by Gasteiger charge is -2.37. The van der Waals surface area contributed by atoms with Crippen LogP contribution in [-0.4, -0.2) is 35.4 Å². The first-order valence-corrected chi connectivity index (χ1v) is 8.16. The van der Waals surface area contributed by atoms with Crippen LogP contribution in [0.2, 0.25) is 0 Å². The fraction of sp³-hybridized carbons (Fsp3) is 0.875. The molecule has 0 aliphatic rings. The zero-order valence-electron chi connectivity index (χ0n) is 13.8. The number of ether oxygens (including phenoxy) is 2. The molecule has 0 saturated heterocycles. The summed E-state index contributed by atoms with van der Waals surface area (Å²) in [5.41, 5.74) is -0.273. The smallest absolute Gasteiger partial charge is 0.0844 e. The van der Waals surface area contributed by atoms with Crippen molar-refractivity contribution in [3.05, 3.63) is 12.7 Å². The normalized spacial score (nSPS) is 20.8. The van der Waals surface area contributed by atoms with Gasteiger partial charge in [0, 0.05) is 5.92 Å². The van der Waals surface area contributed by atoms with Crippen molar-refractivity contribution in [3.8, 4) is 0 Å². The first kappa shape index (κ1) is 20.1. The molecule has 0 aliphatic heterocycles. The Bertz CT molecular complexity index is 283. The zero-order chi connectivity index (χ0) is 15.8. The van der Waals surface area contributed by atoms with E-state index < -0.39 is 6.10 Å². The fourth-order valence-corrected chi connectivity index (χ4v) is 2.18. The van der Waals surface area contributed by atoms with Crippen LogP contribution in [0.25, 0.3) is 0 Å². The summed E-state index contributed by atoms with van der Waals surface area (Å²) >= 11 is 0. The van der Waals surface area contributed by atoms with Gasteiger partial charge in [-0.15, -0.1) is 15.8 Å². The van der Waals surface area contributed by atoms with Gasteiger partial charge in [-0.2, -0.15) is 0 Å². The molecule has 0 heterocycles. The highest BCUT2D eigenvalue weighted by atomic mass is 31.0. The molecule has 3 nitrogen and oxygen atoms in total. The third-order valence-electron chi connectivity index (χ3n) is 4.11. The summed E-state index contributed by atoms with van der Waals surface area (Å²) in [7, 11) is 2.80. The minimum Gasteiger partial charge on any atom is -0.391 e. The third kappa shape index (κ3) is 6.67. The average Bonchev–Trinajstić information content (AvgIpc) is 2.42. The second-order valence-electron chi connectivity index (χ2n) is 5.95. The quantitative estimate of drug-likeness (QED) is 0.466. The molecule has 1 N–H and O–H groups in total. The molecular formula is C16H33O3P. The van der Waals surface area contributed by atoms with Crippen LogP contribution in [0.4, 0.5) is 0 Å². The molecule has 0 saturated carbocycles. The van der Waals surface area contributed by atoms with Crippen LogP contribution < -0.4 is 0 Å². The van der Waals surface area contributed by atoms with Gasteiger partial charge in [-0.05, 0) is 33.1 Å². The zero-order valence-corrected chi connectivity index (χ0v) is 15.0. The topological polar surface area (TPSA) is 38.7 Å². The van der Waals surface area contributed by atoms with Crippen LogP contribution in [0.5, 0.6) is 0 Å². The molecule has 0 amide bonds. The van der Waals surface area contributed by atoms with Crippen molar-refractivity contribution in [1.82, 2.24) is 0 Å². The van der Waals surface area contributed by atoms with Gasteiger partial charge in [0.05, 0.1) is 30.3 Å². The Morgan fingerprint density at radius 2 is 1.80 bits per heavy atom. The van der Waals surface area contributed by atoms with E-state index in [1.54, 1.807) is 6.92 Å². The molecule has 4 heteroatoms. The van der Waals surface area contributed by atoms with E-state index in [1.165, 1.54) is 0 Å². The van der Waals surface area contributed by atoms with Crippen LogP contribution in [0.15, 0.2) is 12.7 Å². The Morgan fingerprint density at radius 1 is 1.20 bits per heavy atom. The summed E-state index contributed by atoms with van der Waals surface area (Å²) in [6, 6.07) is 0. The lowest BCUT2D eigenvalue weighted by molar-refractivity contribution is -0.122. The van der Waals surface area contributed by atoms with E-state index in [-0.39, 0.29) is 16.9 Å². The van der Waals surface area contributed by atoms with Crippen LogP contribution in [-0.2, 0) is 9.47 Å². The predicted molar refractivity (Wildman–Crippen MR) is 89.0 cm³/mol. The molecular weight excluding hydrogens is 271 g/mol. The van der Waals surface area contributed by atoms with Gasteiger partial charge in [0.25, 0.3) is 0 Å². The molecule has 4 unspecified atom stereocenters. The Morgan fingerprint density at radius 3 is 2.20 bits per heavy atom. The largest absolute Gasteiger partial charge is 0.391 e. The first-order chi connectivity index (χ1) is 9.23. The first-order valence-electron chi connectivity index (χ1n) is 7.58. The van der Waals surface area contributed by atoms with E-state index >= 15 is 0 Å². The van der Waals surface area contributed by atoms with Crippen molar-refractivity contribution < 1.29 is 14.6 Å². The summed E-state index contributed by atoms with van der Waals surface area (Å²) in [6.45, 7) is 15.0. The SMILES string of the molecule is C=CCC(P)(CC)OCC(C)[C@@](C)(CC)OCC(C)O. The van der Waals surface area contributed by atoms with Gasteiger partial charge in [-0.3, -0.25) is 0 Å². The average molecular weight is 304 g/mol. The Kier molecular flexibility index (Phi) is 9.17. The minimum atomic E-state index is -0.439. The molecule has 0 aliphatic carbocycles. The van der Waals surface area contributed by atoms with Gasteiger partial charge in [0.15, 0.2) is 0 Å². The standard InChI is InChI=1S/C16H33O3P/c1-7-10-16(20,9-3)19-11-13(4)15(6,8-2)18-12-14(5)17/h7,13-14,17H,1,8-12,20H2,2-6H3/t13?,14?,15-,16?/m1/s1. The van der Waals surface area contributed by atoms with Crippen molar-refractivity contribution in [2.45, 2.75) is 70.9 Å².